The molecule has 0 aliphatic carbocycles. The van der Waals surface area contributed by atoms with E-state index in [1.54, 1.807) is 13.0 Å². The molecule has 140 valence electrons. The second-order valence-electron chi connectivity index (χ2n) is 5.52. The zero-order chi connectivity index (χ0) is 18.9. The van der Waals surface area contributed by atoms with Gasteiger partial charge in [0.2, 0.25) is 0 Å². The first-order valence-corrected chi connectivity index (χ1v) is 8.22. The first-order chi connectivity index (χ1) is 12.5. The van der Waals surface area contributed by atoms with Gasteiger partial charge in [0.15, 0.2) is 0 Å². The number of carbonyl (C=O) groups excluding carboxylic acids is 3. The maximum Gasteiger partial charge on any atom is 0.329 e. The van der Waals surface area contributed by atoms with E-state index in [1.807, 2.05) is 0 Å². The predicted molar refractivity (Wildman–Crippen MR) is 89.7 cm³/mol. The first-order valence-electron chi connectivity index (χ1n) is 8.22. The van der Waals surface area contributed by atoms with Crippen molar-refractivity contribution in [3.63, 3.8) is 0 Å². The Balaban J connectivity index is 1.88. The van der Waals surface area contributed by atoms with E-state index in [2.05, 4.69) is 15.8 Å². The van der Waals surface area contributed by atoms with Gasteiger partial charge in [-0.2, -0.15) is 5.10 Å². The number of hydrogen-bond donors (Lipinski definition) is 2. The number of ether oxygens (including phenoxy) is 2. The number of rotatable bonds is 7. The van der Waals surface area contributed by atoms with Gasteiger partial charge in [-0.05, 0) is 43.5 Å². The van der Waals surface area contributed by atoms with Crippen molar-refractivity contribution < 1.29 is 29.0 Å². The molecule has 1 saturated heterocycles. The molecule has 9 heteroatoms. The number of nitrogens with one attached hydrogen (secondary N) is 2. The average molecular weight is 362 g/mol. The third-order valence-corrected chi connectivity index (χ3v) is 3.62. The number of carboxylic acids is 1. The molecule has 1 heterocycles. The number of hydrogen-bond acceptors (Lipinski definition) is 7. The van der Waals surface area contributed by atoms with Crippen LogP contribution in [-0.4, -0.2) is 49.9 Å². The Morgan fingerprint density at radius 1 is 1.38 bits per heavy atom. The van der Waals surface area contributed by atoms with Crippen LogP contribution in [0.4, 0.5) is 0 Å². The van der Waals surface area contributed by atoms with E-state index in [-0.39, 0.29) is 24.0 Å². The minimum absolute atomic E-state index is 0.0674. The molecule has 1 aliphatic rings. The fourth-order valence-electron chi connectivity index (χ4n) is 2.38. The van der Waals surface area contributed by atoms with Crippen molar-refractivity contribution in [2.75, 3.05) is 19.8 Å². The van der Waals surface area contributed by atoms with E-state index in [0.717, 1.165) is 12.8 Å². The molecule has 0 aromatic heterocycles. The van der Waals surface area contributed by atoms with Gasteiger partial charge in [0.05, 0.1) is 24.9 Å². The molecule has 1 aliphatic heterocycles. The van der Waals surface area contributed by atoms with Gasteiger partial charge in [0.25, 0.3) is 0 Å². The summed E-state index contributed by atoms with van der Waals surface area (Å²) in [6.07, 6.45) is 2.93. The van der Waals surface area contributed by atoms with Crippen LogP contribution in [0.25, 0.3) is 0 Å². The Hall–Kier alpha value is -2.94. The molecule has 2 N–H and O–H groups in total. The first kappa shape index (κ1) is 19.4. The molecular formula is C17H20N3O6-. The summed E-state index contributed by atoms with van der Waals surface area (Å²) in [5.74, 6) is -2.95. The number of nitrogens with zero attached hydrogens (tertiary/aromatic N) is 1. The average Bonchev–Trinajstić information content (AvgIpc) is 3.14. The van der Waals surface area contributed by atoms with E-state index < -0.39 is 17.8 Å². The number of hydrazone groups is 1. The van der Waals surface area contributed by atoms with Crippen LogP contribution in [0, 0.1) is 0 Å². The fourth-order valence-corrected chi connectivity index (χ4v) is 2.38. The lowest BCUT2D eigenvalue weighted by atomic mass is 10.1. The molecule has 0 spiro atoms. The highest BCUT2D eigenvalue weighted by Gasteiger charge is 2.18. The van der Waals surface area contributed by atoms with E-state index >= 15 is 0 Å². The smallest absolute Gasteiger partial charge is 0.329 e. The maximum absolute atomic E-state index is 11.7. The molecule has 0 unspecified atom stereocenters. The summed E-state index contributed by atoms with van der Waals surface area (Å²) in [6, 6.07) is 4.32. The van der Waals surface area contributed by atoms with Gasteiger partial charge in [-0.25, -0.2) is 5.43 Å². The van der Waals surface area contributed by atoms with E-state index in [0.29, 0.717) is 18.8 Å². The predicted octanol–water partition coefficient (Wildman–Crippen LogP) is -0.806. The van der Waals surface area contributed by atoms with Crippen molar-refractivity contribution in [1.29, 1.82) is 0 Å². The largest absolute Gasteiger partial charge is 0.545 e. The Kier molecular flexibility index (Phi) is 7.10. The van der Waals surface area contributed by atoms with Gasteiger partial charge in [0, 0.05) is 18.7 Å². The summed E-state index contributed by atoms with van der Waals surface area (Å²) in [7, 11) is 0. The zero-order valence-electron chi connectivity index (χ0n) is 14.3. The minimum atomic E-state index is -1.39. The topological polar surface area (TPSA) is 129 Å². The molecule has 0 saturated carbocycles. The lowest BCUT2D eigenvalue weighted by Gasteiger charge is -2.11. The van der Waals surface area contributed by atoms with Gasteiger partial charge in [-0.3, -0.25) is 9.59 Å². The summed E-state index contributed by atoms with van der Waals surface area (Å²) >= 11 is 0. The van der Waals surface area contributed by atoms with Crippen molar-refractivity contribution >= 4 is 24.0 Å². The van der Waals surface area contributed by atoms with Crippen LogP contribution in [0.5, 0.6) is 5.75 Å². The van der Waals surface area contributed by atoms with Crippen LogP contribution in [0.3, 0.4) is 0 Å². The molecule has 0 bridgehead atoms. The zero-order valence-corrected chi connectivity index (χ0v) is 14.3. The van der Waals surface area contributed by atoms with E-state index in [9.17, 15) is 19.5 Å². The number of aromatic carboxylic acids is 1. The van der Waals surface area contributed by atoms with Crippen LogP contribution >= 0.6 is 0 Å². The highest BCUT2D eigenvalue weighted by atomic mass is 16.5. The number of amides is 2. The monoisotopic (exact) mass is 362 g/mol. The van der Waals surface area contributed by atoms with Crippen LogP contribution in [-0.2, 0) is 14.3 Å². The highest BCUT2D eigenvalue weighted by molar-refractivity contribution is 6.35. The summed E-state index contributed by atoms with van der Waals surface area (Å²) in [4.78, 5) is 34.4. The normalized spacial score (nSPS) is 16.4. The number of benzene rings is 1. The van der Waals surface area contributed by atoms with Gasteiger partial charge < -0.3 is 24.7 Å². The molecular weight excluding hydrogens is 342 g/mol. The summed E-state index contributed by atoms with van der Waals surface area (Å²) in [5.41, 5.74) is 2.35. The maximum atomic E-state index is 11.7. The van der Waals surface area contributed by atoms with Gasteiger partial charge >= 0.3 is 11.8 Å². The molecule has 1 atom stereocenters. The highest BCUT2D eigenvalue weighted by Crippen LogP contribution is 2.19. The SMILES string of the molecule is CCOc1ccc(/C=N\NC(=O)C(=O)NC[C@@H]2CCCO2)cc1C(=O)[O-]. The van der Waals surface area contributed by atoms with Crippen LogP contribution in [0.2, 0.25) is 0 Å². The Bertz CT molecular complexity index is 698. The second-order valence-corrected chi connectivity index (χ2v) is 5.52. The van der Waals surface area contributed by atoms with Crippen molar-refractivity contribution in [1.82, 2.24) is 10.7 Å². The standard InChI is InChI=1S/C17H21N3O6/c1-2-25-14-6-5-11(8-13(14)17(23)24)9-19-20-16(22)15(21)18-10-12-4-3-7-26-12/h5-6,8-9,12H,2-4,7,10H2,1H3,(H,18,21)(H,20,22)(H,23,24)/p-1/b19-9-/t12-/m0/s1. The van der Waals surface area contributed by atoms with Crippen molar-refractivity contribution in [2.45, 2.75) is 25.9 Å². The Labute approximate surface area is 150 Å². The van der Waals surface area contributed by atoms with Crippen LogP contribution in [0.1, 0.15) is 35.7 Å². The molecule has 1 fully saturated rings. The quantitative estimate of drug-likeness (QED) is 0.371. The van der Waals surface area contributed by atoms with Gasteiger partial charge in [-0.15, -0.1) is 0 Å². The third-order valence-electron chi connectivity index (χ3n) is 3.62. The van der Waals surface area contributed by atoms with Crippen molar-refractivity contribution in [3.05, 3.63) is 29.3 Å². The molecule has 9 nitrogen and oxygen atoms in total. The van der Waals surface area contributed by atoms with E-state index in [4.69, 9.17) is 9.47 Å². The lowest BCUT2D eigenvalue weighted by molar-refractivity contribution is -0.255. The van der Waals surface area contributed by atoms with Crippen molar-refractivity contribution in [2.24, 2.45) is 5.10 Å². The summed E-state index contributed by atoms with van der Waals surface area (Å²) in [5, 5.41) is 17.2. The molecule has 1 aromatic carbocycles. The molecule has 0 radical (unpaired) electrons. The van der Waals surface area contributed by atoms with E-state index in [1.165, 1.54) is 18.3 Å². The second kappa shape index (κ2) is 9.52. The molecule has 2 amide bonds. The Morgan fingerprint density at radius 2 is 2.19 bits per heavy atom. The van der Waals surface area contributed by atoms with Crippen LogP contribution < -0.4 is 20.6 Å². The Morgan fingerprint density at radius 3 is 2.85 bits per heavy atom. The lowest BCUT2D eigenvalue weighted by Crippen LogP contribution is -2.41. The fraction of sp³-hybridized carbons (Fsp3) is 0.412. The van der Waals surface area contributed by atoms with Gasteiger partial charge in [-0.1, -0.05) is 0 Å². The summed E-state index contributed by atoms with van der Waals surface area (Å²) < 4.78 is 10.5. The molecule has 1 aromatic rings. The van der Waals surface area contributed by atoms with Crippen LogP contribution in [0.15, 0.2) is 23.3 Å². The third kappa shape index (κ3) is 5.55. The number of carbonyl (C=O) groups is 3. The molecule has 2 rings (SSSR count). The summed E-state index contributed by atoms with van der Waals surface area (Å²) in [6.45, 7) is 2.97. The molecule has 26 heavy (non-hydrogen) atoms. The van der Waals surface area contributed by atoms with Gasteiger partial charge in [0.1, 0.15) is 5.75 Å². The van der Waals surface area contributed by atoms with Crippen molar-refractivity contribution in [3.8, 4) is 5.75 Å². The minimum Gasteiger partial charge on any atom is -0.545 e. The number of carboxylic acid groups (broad SMARTS) is 1.